The van der Waals surface area contributed by atoms with Crippen LogP contribution in [0.2, 0.25) is 5.02 Å². The number of fused-ring (bicyclic) bond motifs is 1. The monoisotopic (exact) mass is 336 g/mol. The van der Waals surface area contributed by atoms with Gasteiger partial charge in [0.2, 0.25) is 0 Å². The van der Waals surface area contributed by atoms with Gasteiger partial charge >= 0.3 is 11.8 Å². The second-order valence-corrected chi connectivity index (χ2v) is 6.55. The summed E-state index contributed by atoms with van der Waals surface area (Å²) in [5.74, 6) is -0.184. The minimum absolute atomic E-state index is 0.184. The first-order valence-corrected chi connectivity index (χ1v) is 7.56. The Balaban J connectivity index is 1.62. The highest BCUT2D eigenvalue weighted by molar-refractivity contribution is 6.30. The van der Waals surface area contributed by atoms with E-state index in [0.29, 0.717) is 19.1 Å². The number of rotatable bonds is 5. The second kappa shape index (κ2) is 5.82. The molecular weight excluding hydrogens is 320 g/mol. The van der Waals surface area contributed by atoms with Crippen molar-refractivity contribution < 1.29 is 9.66 Å². The summed E-state index contributed by atoms with van der Waals surface area (Å²) in [5, 5.41) is 11.4. The maximum Gasteiger partial charge on any atom is 0.415 e. The van der Waals surface area contributed by atoms with Crippen molar-refractivity contribution in [3.8, 4) is 6.01 Å². The van der Waals surface area contributed by atoms with E-state index in [9.17, 15) is 10.1 Å². The average Bonchev–Trinajstić information content (AvgIpc) is 2.96. The van der Waals surface area contributed by atoms with Crippen molar-refractivity contribution in [1.29, 1.82) is 0 Å². The molecule has 7 nitrogen and oxygen atoms in total. The van der Waals surface area contributed by atoms with E-state index in [-0.39, 0.29) is 5.82 Å². The summed E-state index contributed by atoms with van der Waals surface area (Å²) in [4.78, 5) is 16.3. The van der Waals surface area contributed by atoms with Crippen LogP contribution < -0.4 is 4.74 Å². The fourth-order valence-electron chi connectivity index (χ4n) is 2.89. The molecule has 8 heteroatoms. The van der Waals surface area contributed by atoms with Gasteiger partial charge in [-0.2, -0.15) is 0 Å². The van der Waals surface area contributed by atoms with Crippen LogP contribution in [0.25, 0.3) is 0 Å². The lowest BCUT2D eigenvalue weighted by Crippen LogP contribution is -2.43. The Labute approximate surface area is 138 Å². The summed E-state index contributed by atoms with van der Waals surface area (Å²) in [6.45, 7) is 3.95. The SMILES string of the molecule is CN(Cc1ccc(Cl)cc1)C[C@@]1(C)Cn2cc([N+](=O)[O-])nc2O1. The minimum atomic E-state index is -0.515. The highest BCUT2D eigenvalue weighted by Gasteiger charge is 2.40. The topological polar surface area (TPSA) is 73.4 Å². The fraction of sp³-hybridized carbons (Fsp3) is 0.400. The third kappa shape index (κ3) is 3.46. The zero-order valence-corrected chi connectivity index (χ0v) is 13.7. The zero-order valence-electron chi connectivity index (χ0n) is 12.9. The molecule has 0 unspecified atom stereocenters. The van der Waals surface area contributed by atoms with E-state index < -0.39 is 10.5 Å². The molecule has 0 saturated carbocycles. The van der Waals surface area contributed by atoms with Gasteiger partial charge in [0, 0.05) is 23.1 Å². The predicted molar refractivity (Wildman–Crippen MR) is 85.7 cm³/mol. The molecule has 0 aliphatic carbocycles. The van der Waals surface area contributed by atoms with Gasteiger partial charge in [0.25, 0.3) is 0 Å². The molecule has 1 aromatic heterocycles. The fourth-order valence-corrected chi connectivity index (χ4v) is 3.02. The van der Waals surface area contributed by atoms with Crippen LogP contribution in [0.15, 0.2) is 30.5 Å². The lowest BCUT2D eigenvalue weighted by molar-refractivity contribution is -0.389. The first-order valence-electron chi connectivity index (χ1n) is 7.18. The standard InChI is InChI=1S/C15H17ClN4O3/c1-15(9-18(2)7-11-3-5-12(16)6-4-11)10-19-8-13(20(21)22)17-14(19)23-15/h3-6,8H,7,9-10H2,1-2H3/t15-/m0/s1. The van der Waals surface area contributed by atoms with Crippen molar-refractivity contribution in [3.63, 3.8) is 0 Å². The Bertz CT molecular complexity index is 705. The molecule has 0 bridgehead atoms. The number of hydrogen-bond acceptors (Lipinski definition) is 5. The van der Waals surface area contributed by atoms with E-state index in [0.717, 1.165) is 17.1 Å². The van der Waals surface area contributed by atoms with E-state index in [1.165, 1.54) is 6.20 Å². The van der Waals surface area contributed by atoms with Crippen LogP contribution in [0.1, 0.15) is 12.5 Å². The van der Waals surface area contributed by atoms with Gasteiger partial charge in [-0.3, -0.25) is 9.47 Å². The quantitative estimate of drug-likeness (QED) is 0.620. The number of likely N-dealkylation sites (N-methyl/N-ethyl adjacent to an activating group) is 1. The molecule has 2 heterocycles. The number of aromatic nitrogens is 2. The van der Waals surface area contributed by atoms with Crippen LogP contribution in [0, 0.1) is 10.1 Å². The van der Waals surface area contributed by atoms with E-state index in [4.69, 9.17) is 16.3 Å². The number of imidazole rings is 1. The summed E-state index contributed by atoms with van der Waals surface area (Å²) in [7, 11) is 2.01. The molecule has 0 amide bonds. The molecule has 122 valence electrons. The molecule has 1 atom stereocenters. The van der Waals surface area contributed by atoms with E-state index >= 15 is 0 Å². The molecule has 1 aliphatic rings. The van der Waals surface area contributed by atoms with Gasteiger partial charge in [-0.15, -0.1) is 0 Å². The Hall–Kier alpha value is -2.12. The van der Waals surface area contributed by atoms with Crippen molar-refractivity contribution in [1.82, 2.24) is 14.5 Å². The van der Waals surface area contributed by atoms with Gasteiger partial charge in [0.05, 0.1) is 6.54 Å². The van der Waals surface area contributed by atoms with Gasteiger partial charge in [0.1, 0.15) is 11.8 Å². The van der Waals surface area contributed by atoms with Gasteiger partial charge in [-0.05, 0) is 36.6 Å². The lowest BCUT2D eigenvalue weighted by Gasteiger charge is -2.28. The highest BCUT2D eigenvalue weighted by atomic mass is 35.5. The van der Waals surface area contributed by atoms with Gasteiger partial charge < -0.3 is 14.9 Å². The van der Waals surface area contributed by atoms with Crippen LogP contribution in [-0.4, -0.2) is 38.6 Å². The number of benzene rings is 1. The summed E-state index contributed by atoms with van der Waals surface area (Å²) in [5.41, 5.74) is 0.699. The highest BCUT2D eigenvalue weighted by Crippen LogP contribution is 2.31. The number of ether oxygens (including phenoxy) is 1. The summed E-state index contributed by atoms with van der Waals surface area (Å²) >= 11 is 5.89. The first kappa shape index (κ1) is 15.8. The molecule has 0 radical (unpaired) electrons. The Morgan fingerprint density at radius 2 is 2.17 bits per heavy atom. The van der Waals surface area contributed by atoms with Gasteiger partial charge in [-0.1, -0.05) is 23.7 Å². The van der Waals surface area contributed by atoms with E-state index in [2.05, 4.69) is 9.88 Å². The molecule has 3 rings (SSSR count). The van der Waals surface area contributed by atoms with Crippen LogP contribution in [0.3, 0.4) is 0 Å². The summed E-state index contributed by atoms with van der Waals surface area (Å²) in [6.07, 6.45) is 1.42. The van der Waals surface area contributed by atoms with E-state index in [1.807, 2.05) is 38.2 Å². The van der Waals surface area contributed by atoms with Crippen LogP contribution >= 0.6 is 11.6 Å². The Morgan fingerprint density at radius 1 is 1.48 bits per heavy atom. The van der Waals surface area contributed by atoms with Crippen molar-refractivity contribution in [3.05, 3.63) is 51.2 Å². The van der Waals surface area contributed by atoms with Gasteiger partial charge in [0.15, 0.2) is 0 Å². The first-order chi connectivity index (χ1) is 10.8. The van der Waals surface area contributed by atoms with Crippen LogP contribution in [0.5, 0.6) is 6.01 Å². The van der Waals surface area contributed by atoms with Gasteiger partial charge in [-0.25, -0.2) is 0 Å². The molecule has 1 aliphatic heterocycles. The number of halogens is 1. The summed E-state index contributed by atoms with van der Waals surface area (Å²) < 4.78 is 7.53. The predicted octanol–water partition coefficient (Wildman–Crippen LogP) is 2.73. The molecule has 23 heavy (non-hydrogen) atoms. The smallest absolute Gasteiger partial charge is 0.415 e. The molecule has 0 saturated heterocycles. The summed E-state index contributed by atoms with van der Waals surface area (Å²) in [6, 6.07) is 8.02. The van der Waals surface area contributed by atoms with Crippen LogP contribution in [-0.2, 0) is 13.1 Å². The van der Waals surface area contributed by atoms with E-state index in [1.54, 1.807) is 4.57 Å². The van der Waals surface area contributed by atoms with Crippen molar-refractivity contribution in [2.24, 2.45) is 0 Å². The lowest BCUT2D eigenvalue weighted by atomic mass is 10.1. The van der Waals surface area contributed by atoms with Crippen molar-refractivity contribution in [2.45, 2.75) is 25.6 Å². The molecule has 0 N–H and O–H groups in total. The number of nitrogens with zero attached hydrogens (tertiary/aromatic N) is 4. The number of nitro groups is 1. The maximum atomic E-state index is 10.7. The molecule has 0 fully saturated rings. The molecular formula is C15H17ClN4O3. The third-order valence-electron chi connectivity index (χ3n) is 3.73. The molecule has 1 aromatic carbocycles. The largest absolute Gasteiger partial charge is 0.436 e. The molecule has 0 spiro atoms. The van der Waals surface area contributed by atoms with Crippen LogP contribution in [0.4, 0.5) is 5.82 Å². The minimum Gasteiger partial charge on any atom is -0.436 e. The van der Waals surface area contributed by atoms with Crippen molar-refractivity contribution in [2.75, 3.05) is 13.6 Å². The average molecular weight is 337 g/mol. The number of hydrogen-bond donors (Lipinski definition) is 0. The third-order valence-corrected chi connectivity index (χ3v) is 3.98. The normalized spacial score (nSPS) is 19.7. The van der Waals surface area contributed by atoms with Crippen molar-refractivity contribution >= 4 is 17.4 Å². The Morgan fingerprint density at radius 3 is 2.78 bits per heavy atom. The maximum absolute atomic E-state index is 10.7. The molecule has 2 aromatic rings. The Kier molecular flexibility index (Phi) is 3.99. The zero-order chi connectivity index (χ0) is 16.6. The second-order valence-electron chi connectivity index (χ2n) is 6.12.